The maximum absolute atomic E-state index is 12.5. The number of methoxy groups -OCH3 is 1. The summed E-state index contributed by atoms with van der Waals surface area (Å²) in [7, 11) is 1.65. The first-order valence-corrected chi connectivity index (χ1v) is 9.26. The number of rotatable bonds is 4. The van der Waals surface area contributed by atoms with Crippen LogP contribution in [0, 0.1) is 5.92 Å². The number of hydrogen-bond donors (Lipinski definition) is 1. The number of para-hydroxylation sites is 1. The molecule has 1 aromatic carbocycles. The fraction of sp³-hybridized carbons (Fsp3) is 0.444. The Kier molecular flexibility index (Phi) is 4.33. The maximum Gasteiger partial charge on any atom is 0.259 e. The van der Waals surface area contributed by atoms with E-state index in [4.69, 9.17) is 9.47 Å². The number of benzene rings is 1. The lowest BCUT2D eigenvalue weighted by atomic mass is 9.96. The van der Waals surface area contributed by atoms with Crippen LogP contribution >= 0.6 is 11.8 Å². The molecule has 0 saturated carbocycles. The number of ether oxygens (including phenoxy) is 2. The fourth-order valence-corrected chi connectivity index (χ4v) is 4.49. The molecule has 25 heavy (non-hydrogen) atoms. The van der Waals surface area contributed by atoms with Gasteiger partial charge in [-0.15, -0.1) is 0 Å². The minimum atomic E-state index is -0.0176. The SMILES string of the molecule is COc1cccc2c1OC[C@@H](CNC(=O)C1=C(C)N3CCN=C3S1)C2. The predicted molar refractivity (Wildman–Crippen MR) is 98.0 cm³/mol. The number of amides is 1. The highest BCUT2D eigenvalue weighted by Crippen LogP contribution is 2.37. The number of allylic oxidation sites excluding steroid dienone is 1. The standard InChI is InChI=1S/C18H21N3O3S/c1-11-16(25-18-19-6-7-21(11)18)17(22)20-9-12-8-13-4-3-5-14(23-2)15(13)24-10-12/h3-5,12H,6-10H2,1-2H3,(H,20,22)/t12-/m1/s1. The van der Waals surface area contributed by atoms with E-state index in [0.717, 1.165) is 52.3 Å². The Morgan fingerprint density at radius 2 is 2.40 bits per heavy atom. The molecule has 0 saturated heterocycles. The number of nitrogens with one attached hydrogen (secondary N) is 1. The molecule has 4 rings (SSSR count). The van der Waals surface area contributed by atoms with Crippen molar-refractivity contribution in [3.05, 3.63) is 34.4 Å². The van der Waals surface area contributed by atoms with E-state index in [1.165, 1.54) is 11.8 Å². The summed E-state index contributed by atoms with van der Waals surface area (Å²) in [6, 6.07) is 5.93. The quantitative estimate of drug-likeness (QED) is 0.891. The highest BCUT2D eigenvalue weighted by molar-refractivity contribution is 8.18. The lowest BCUT2D eigenvalue weighted by Crippen LogP contribution is -2.35. The molecule has 3 heterocycles. The number of aliphatic imine (C=N–C) groups is 1. The van der Waals surface area contributed by atoms with Gasteiger partial charge in [-0.2, -0.15) is 0 Å². The molecule has 132 valence electrons. The van der Waals surface area contributed by atoms with Crippen LogP contribution in [0.15, 0.2) is 33.8 Å². The summed E-state index contributed by atoms with van der Waals surface area (Å²) in [6.45, 7) is 4.86. The smallest absolute Gasteiger partial charge is 0.259 e. The van der Waals surface area contributed by atoms with Gasteiger partial charge in [0.15, 0.2) is 16.7 Å². The van der Waals surface area contributed by atoms with Crippen LogP contribution in [-0.2, 0) is 11.2 Å². The fourth-order valence-electron chi connectivity index (χ4n) is 3.39. The molecule has 0 spiro atoms. The van der Waals surface area contributed by atoms with E-state index >= 15 is 0 Å². The van der Waals surface area contributed by atoms with E-state index < -0.39 is 0 Å². The third kappa shape index (κ3) is 2.97. The van der Waals surface area contributed by atoms with Crippen molar-refractivity contribution >= 4 is 22.8 Å². The van der Waals surface area contributed by atoms with Crippen molar-refractivity contribution in [1.82, 2.24) is 10.2 Å². The van der Waals surface area contributed by atoms with Crippen molar-refractivity contribution < 1.29 is 14.3 Å². The van der Waals surface area contributed by atoms with Crippen LogP contribution < -0.4 is 14.8 Å². The first-order valence-electron chi connectivity index (χ1n) is 8.45. The summed E-state index contributed by atoms with van der Waals surface area (Å²) in [4.78, 5) is 19.8. The second kappa shape index (κ2) is 6.63. The Hall–Kier alpha value is -2.15. The lowest BCUT2D eigenvalue weighted by Gasteiger charge is -2.26. The van der Waals surface area contributed by atoms with Gasteiger partial charge in [0, 0.05) is 24.7 Å². The van der Waals surface area contributed by atoms with Crippen LogP contribution in [0.25, 0.3) is 0 Å². The molecule has 1 aromatic rings. The van der Waals surface area contributed by atoms with E-state index in [9.17, 15) is 4.79 Å². The minimum absolute atomic E-state index is 0.0176. The van der Waals surface area contributed by atoms with Crippen LogP contribution in [0.3, 0.4) is 0 Å². The van der Waals surface area contributed by atoms with Crippen molar-refractivity contribution in [3.8, 4) is 11.5 Å². The molecule has 1 N–H and O–H groups in total. The highest BCUT2D eigenvalue weighted by Gasteiger charge is 2.33. The average Bonchev–Trinajstić information content (AvgIpc) is 3.22. The molecule has 1 atom stereocenters. The van der Waals surface area contributed by atoms with Gasteiger partial charge in [0.1, 0.15) is 0 Å². The lowest BCUT2D eigenvalue weighted by molar-refractivity contribution is -0.117. The number of fused-ring (bicyclic) bond motifs is 2. The van der Waals surface area contributed by atoms with Gasteiger partial charge in [0.2, 0.25) is 0 Å². The van der Waals surface area contributed by atoms with E-state index in [2.05, 4.69) is 21.3 Å². The topological polar surface area (TPSA) is 63.2 Å². The highest BCUT2D eigenvalue weighted by atomic mass is 32.2. The summed E-state index contributed by atoms with van der Waals surface area (Å²) in [5.41, 5.74) is 2.14. The van der Waals surface area contributed by atoms with Gasteiger partial charge in [-0.05, 0) is 36.7 Å². The van der Waals surface area contributed by atoms with Gasteiger partial charge in [0.25, 0.3) is 5.91 Å². The Balaban J connectivity index is 1.37. The third-order valence-corrected chi connectivity index (χ3v) is 5.96. The average molecular weight is 359 g/mol. The van der Waals surface area contributed by atoms with Gasteiger partial charge in [-0.3, -0.25) is 9.79 Å². The van der Waals surface area contributed by atoms with Crippen molar-refractivity contribution in [2.75, 3.05) is 33.4 Å². The summed E-state index contributed by atoms with van der Waals surface area (Å²) in [5.74, 6) is 1.84. The van der Waals surface area contributed by atoms with Crippen molar-refractivity contribution in [2.45, 2.75) is 13.3 Å². The molecule has 6 nitrogen and oxygen atoms in total. The van der Waals surface area contributed by atoms with Crippen LogP contribution in [0.5, 0.6) is 11.5 Å². The molecular formula is C18H21N3O3S. The summed E-state index contributed by atoms with van der Waals surface area (Å²) in [5, 5.41) is 4.01. The summed E-state index contributed by atoms with van der Waals surface area (Å²) in [6.07, 6.45) is 0.872. The maximum atomic E-state index is 12.5. The Labute approximate surface area is 151 Å². The Morgan fingerprint density at radius 3 is 3.20 bits per heavy atom. The van der Waals surface area contributed by atoms with Gasteiger partial charge in [0.05, 0.1) is 25.2 Å². The Bertz CT molecular complexity index is 775. The zero-order chi connectivity index (χ0) is 17.4. The number of hydrogen-bond acceptors (Lipinski definition) is 6. The molecule has 7 heteroatoms. The van der Waals surface area contributed by atoms with Crippen LogP contribution in [0.1, 0.15) is 12.5 Å². The predicted octanol–water partition coefficient (Wildman–Crippen LogP) is 2.01. The first-order chi connectivity index (χ1) is 12.2. The number of carbonyl (C=O) groups is 1. The Morgan fingerprint density at radius 1 is 1.52 bits per heavy atom. The molecule has 0 fully saturated rings. The zero-order valence-corrected chi connectivity index (χ0v) is 15.2. The second-order valence-electron chi connectivity index (χ2n) is 6.37. The second-order valence-corrected chi connectivity index (χ2v) is 7.35. The molecular weight excluding hydrogens is 338 g/mol. The number of carbonyl (C=O) groups excluding carboxylic acids is 1. The van der Waals surface area contributed by atoms with Crippen LogP contribution in [0.4, 0.5) is 0 Å². The first kappa shape index (κ1) is 16.3. The molecule has 3 aliphatic rings. The molecule has 0 aromatic heterocycles. The minimum Gasteiger partial charge on any atom is -0.493 e. The molecule has 0 aliphatic carbocycles. The van der Waals surface area contributed by atoms with Gasteiger partial charge >= 0.3 is 0 Å². The summed E-state index contributed by atoms with van der Waals surface area (Å²) < 4.78 is 11.2. The van der Waals surface area contributed by atoms with Crippen LogP contribution in [-0.4, -0.2) is 49.3 Å². The van der Waals surface area contributed by atoms with Gasteiger partial charge in [-0.25, -0.2) is 0 Å². The number of thioether (sulfide) groups is 1. The molecule has 0 unspecified atom stereocenters. The van der Waals surface area contributed by atoms with Crippen molar-refractivity contribution in [1.29, 1.82) is 0 Å². The van der Waals surface area contributed by atoms with E-state index in [1.807, 2.05) is 19.1 Å². The molecule has 3 aliphatic heterocycles. The normalized spacial score (nSPS) is 21.4. The summed E-state index contributed by atoms with van der Waals surface area (Å²) >= 11 is 1.47. The van der Waals surface area contributed by atoms with Gasteiger partial charge < -0.3 is 19.7 Å². The number of amidine groups is 1. The van der Waals surface area contributed by atoms with Crippen LogP contribution in [0.2, 0.25) is 0 Å². The molecule has 0 bridgehead atoms. The van der Waals surface area contributed by atoms with Crippen molar-refractivity contribution in [3.63, 3.8) is 0 Å². The zero-order valence-electron chi connectivity index (χ0n) is 14.4. The monoisotopic (exact) mass is 359 g/mol. The van der Waals surface area contributed by atoms with Crippen molar-refractivity contribution in [2.24, 2.45) is 10.9 Å². The van der Waals surface area contributed by atoms with E-state index in [1.54, 1.807) is 7.11 Å². The largest absolute Gasteiger partial charge is 0.493 e. The van der Waals surface area contributed by atoms with E-state index in [-0.39, 0.29) is 11.8 Å². The van der Waals surface area contributed by atoms with E-state index in [0.29, 0.717) is 13.2 Å². The molecule has 0 radical (unpaired) electrons. The van der Waals surface area contributed by atoms with Gasteiger partial charge in [-0.1, -0.05) is 12.1 Å². The third-order valence-electron chi connectivity index (χ3n) is 4.74. The molecule has 1 amide bonds. The number of nitrogens with zero attached hydrogens (tertiary/aromatic N) is 2.